The van der Waals surface area contributed by atoms with Crippen molar-refractivity contribution in [1.29, 1.82) is 0 Å². The predicted octanol–water partition coefficient (Wildman–Crippen LogP) is 0.974. The van der Waals surface area contributed by atoms with Gasteiger partial charge in [-0.2, -0.15) is 5.10 Å². The van der Waals surface area contributed by atoms with E-state index in [0.717, 1.165) is 18.5 Å². The maximum atomic E-state index is 11.7. The van der Waals surface area contributed by atoms with Gasteiger partial charge in [0.1, 0.15) is 0 Å². The maximum absolute atomic E-state index is 11.7. The van der Waals surface area contributed by atoms with E-state index < -0.39 is 5.91 Å². The lowest BCUT2D eigenvalue weighted by molar-refractivity contribution is 0.100. The van der Waals surface area contributed by atoms with E-state index in [-0.39, 0.29) is 11.1 Å². The molecule has 1 heterocycles. The smallest absolute Gasteiger partial charge is 0.272 e. The van der Waals surface area contributed by atoms with Gasteiger partial charge in [0.2, 0.25) is 5.91 Å². The molecule has 2 rings (SSSR count). The van der Waals surface area contributed by atoms with Gasteiger partial charge in [-0.1, -0.05) is 25.5 Å². The number of nitrogens with one attached hydrogen (secondary N) is 1. The molecule has 1 amide bonds. The topological polar surface area (TPSA) is 88.8 Å². The van der Waals surface area contributed by atoms with Crippen molar-refractivity contribution in [3.8, 4) is 0 Å². The summed E-state index contributed by atoms with van der Waals surface area (Å²) in [5.74, 6) is -0.602. The normalized spacial score (nSPS) is 10.6. The van der Waals surface area contributed by atoms with Crippen molar-refractivity contribution in [3.05, 3.63) is 39.8 Å². The van der Waals surface area contributed by atoms with E-state index in [2.05, 4.69) is 10.2 Å². The minimum Gasteiger partial charge on any atom is -0.366 e. The zero-order chi connectivity index (χ0) is 12.4. The highest BCUT2D eigenvalue weighted by Crippen LogP contribution is 2.17. The highest BCUT2D eigenvalue weighted by Gasteiger charge is 2.12. The van der Waals surface area contributed by atoms with Gasteiger partial charge in [-0.25, -0.2) is 5.10 Å². The summed E-state index contributed by atoms with van der Waals surface area (Å²) in [5.41, 5.74) is 5.90. The molecule has 0 bridgehead atoms. The van der Waals surface area contributed by atoms with Gasteiger partial charge >= 0.3 is 0 Å². The molecule has 5 nitrogen and oxygen atoms in total. The molecule has 0 saturated heterocycles. The number of fused-ring (bicyclic) bond motifs is 1. The summed E-state index contributed by atoms with van der Waals surface area (Å²) >= 11 is 0. The standard InChI is InChI=1S/C12H13N3O2/c1-2-4-9-7-5-3-6-8(11(13)16)10(7)12(17)15-14-9/h3,5-6H,2,4H2,1H3,(H2,13,16)(H,15,17). The van der Waals surface area contributed by atoms with Crippen LogP contribution in [-0.2, 0) is 6.42 Å². The largest absolute Gasteiger partial charge is 0.366 e. The van der Waals surface area contributed by atoms with Crippen molar-refractivity contribution in [1.82, 2.24) is 10.2 Å². The number of hydrogen-bond donors (Lipinski definition) is 2. The van der Waals surface area contributed by atoms with Gasteiger partial charge in [0.15, 0.2) is 0 Å². The summed E-state index contributed by atoms with van der Waals surface area (Å²) in [6.07, 6.45) is 1.66. The van der Waals surface area contributed by atoms with Crippen LogP contribution in [0.1, 0.15) is 29.4 Å². The SMILES string of the molecule is CCCc1n[nH]c(=O)c2c(C(N)=O)cccc12. The second kappa shape index (κ2) is 4.37. The number of H-pyrrole nitrogens is 1. The Balaban J connectivity index is 2.85. The summed E-state index contributed by atoms with van der Waals surface area (Å²) in [6.45, 7) is 2.02. The van der Waals surface area contributed by atoms with E-state index in [4.69, 9.17) is 5.73 Å². The molecule has 5 heteroatoms. The average molecular weight is 231 g/mol. The molecule has 17 heavy (non-hydrogen) atoms. The van der Waals surface area contributed by atoms with Crippen molar-refractivity contribution >= 4 is 16.7 Å². The van der Waals surface area contributed by atoms with Crippen LogP contribution in [0.3, 0.4) is 0 Å². The highest BCUT2D eigenvalue weighted by atomic mass is 16.1. The summed E-state index contributed by atoms with van der Waals surface area (Å²) in [7, 11) is 0. The molecule has 0 atom stereocenters. The fraction of sp³-hybridized carbons (Fsp3) is 0.250. The number of carbonyl (C=O) groups is 1. The first-order valence-corrected chi connectivity index (χ1v) is 5.45. The van der Waals surface area contributed by atoms with Gasteiger partial charge in [-0.3, -0.25) is 9.59 Å². The van der Waals surface area contributed by atoms with Crippen LogP contribution in [0.2, 0.25) is 0 Å². The molecule has 2 aromatic rings. The van der Waals surface area contributed by atoms with Crippen LogP contribution in [0.4, 0.5) is 0 Å². The lowest BCUT2D eigenvalue weighted by Crippen LogP contribution is -2.18. The summed E-state index contributed by atoms with van der Waals surface area (Å²) in [5, 5.41) is 7.45. The van der Waals surface area contributed by atoms with Crippen LogP contribution < -0.4 is 11.3 Å². The Hall–Kier alpha value is -2.17. The number of aromatic amines is 1. The van der Waals surface area contributed by atoms with E-state index in [0.29, 0.717) is 10.8 Å². The molecule has 0 aliphatic rings. The molecule has 0 unspecified atom stereocenters. The second-order valence-electron chi connectivity index (χ2n) is 3.84. The fourth-order valence-corrected chi connectivity index (χ4v) is 1.90. The first kappa shape index (κ1) is 11.3. The number of primary amides is 1. The van der Waals surface area contributed by atoms with Gasteiger partial charge in [0, 0.05) is 5.39 Å². The van der Waals surface area contributed by atoms with Crippen molar-refractivity contribution in [2.45, 2.75) is 19.8 Å². The average Bonchev–Trinajstić information content (AvgIpc) is 2.32. The molecule has 0 aliphatic carbocycles. The third kappa shape index (κ3) is 1.91. The monoisotopic (exact) mass is 231 g/mol. The highest BCUT2D eigenvalue weighted by molar-refractivity contribution is 6.06. The quantitative estimate of drug-likeness (QED) is 0.825. The van der Waals surface area contributed by atoms with Gasteiger partial charge in [0.25, 0.3) is 5.56 Å². The Morgan fingerprint density at radius 2 is 2.24 bits per heavy atom. The Bertz CT molecular complexity index is 631. The minimum atomic E-state index is -0.602. The van der Waals surface area contributed by atoms with E-state index in [1.807, 2.05) is 6.92 Å². The number of nitrogens with zero attached hydrogens (tertiary/aromatic N) is 1. The molecule has 3 N–H and O–H groups in total. The van der Waals surface area contributed by atoms with Crippen molar-refractivity contribution in [2.24, 2.45) is 5.73 Å². The van der Waals surface area contributed by atoms with Crippen LogP contribution in [-0.4, -0.2) is 16.1 Å². The number of benzene rings is 1. The molecule has 1 aromatic carbocycles. The van der Waals surface area contributed by atoms with Crippen molar-refractivity contribution in [3.63, 3.8) is 0 Å². The van der Waals surface area contributed by atoms with E-state index in [1.165, 1.54) is 0 Å². The summed E-state index contributed by atoms with van der Waals surface area (Å²) < 4.78 is 0. The molecule has 1 aromatic heterocycles. The van der Waals surface area contributed by atoms with Crippen LogP contribution in [0.5, 0.6) is 0 Å². The Morgan fingerprint density at radius 3 is 2.88 bits per heavy atom. The number of hydrogen-bond acceptors (Lipinski definition) is 3. The molecule has 88 valence electrons. The van der Waals surface area contributed by atoms with Crippen LogP contribution in [0, 0.1) is 0 Å². The van der Waals surface area contributed by atoms with Crippen molar-refractivity contribution in [2.75, 3.05) is 0 Å². The molecular formula is C12H13N3O2. The van der Waals surface area contributed by atoms with Crippen molar-refractivity contribution < 1.29 is 4.79 Å². The lowest BCUT2D eigenvalue weighted by atomic mass is 10.0. The Kier molecular flexibility index (Phi) is 2.91. The molecule has 0 fully saturated rings. The van der Waals surface area contributed by atoms with Gasteiger partial charge in [-0.15, -0.1) is 0 Å². The fourth-order valence-electron chi connectivity index (χ4n) is 1.90. The molecule has 0 radical (unpaired) electrons. The summed E-state index contributed by atoms with van der Waals surface area (Å²) in [4.78, 5) is 23.0. The van der Waals surface area contributed by atoms with E-state index in [9.17, 15) is 9.59 Å². The second-order valence-corrected chi connectivity index (χ2v) is 3.84. The molecular weight excluding hydrogens is 218 g/mol. The van der Waals surface area contributed by atoms with Gasteiger partial charge < -0.3 is 5.73 Å². The first-order chi connectivity index (χ1) is 8.15. The van der Waals surface area contributed by atoms with E-state index >= 15 is 0 Å². The van der Waals surface area contributed by atoms with Crippen LogP contribution >= 0.6 is 0 Å². The number of aromatic nitrogens is 2. The third-order valence-corrected chi connectivity index (χ3v) is 2.65. The Labute approximate surface area is 97.6 Å². The Morgan fingerprint density at radius 1 is 1.47 bits per heavy atom. The molecule has 0 saturated carbocycles. The first-order valence-electron chi connectivity index (χ1n) is 5.45. The number of aryl methyl sites for hydroxylation is 1. The number of rotatable bonds is 3. The predicted molar refractivity (Wildman–Crippen MR) is 64.9 cm³/mol. The lowest BCUT2D eigenvalue weighted by Gasteiger charge is -2.05. The van der Waals surface area contributed by atoms with Gasteiger partial charge in [-0.05, 0) is 12.5 Å². The number of carbonyl (C=O) groups excluding carboxylic acids is 1. The third-order valence-electron chi connectivity index (χ3n) is 2.65. The van der Waals surface area contributed by atoms with Crippen LogP contribution in [0.25, 0.3) is 10.8 Å². The maximum Gasteiger partial charge on any atom is 0.272 e. The molecule has 0 aliphatic heterocycles. The van der Waals surface area contributed by atoms with Gasteiger partial charge in [0.05, 0.1) is 16.6 Å². The molecule has 0 spiro atoms. The zero-order valence-corrected chi connectivity index (χ0v) is 9.49. The number of amides is 1. The van der Waals surface area contributed by atoms with Crippen LogP contribution in [0.15, 0.2) is 23.0 Å². The van der Waals surface area contributed by atoms with E-state index in [1.54, 1.807) is 18.2 Å². The summed E-state index contributed by atoms with van der Waals surface area (Å²) in [6, 6.07) is 5.05. The minimum absolute atomic E-state index is 0.239. The number of nitrogens with two attached hydrogens (primary N) is 1. The zero-order valence-electron chi connectivity index (χ0n) is 9.49.